The van der Waals surface area contributed by atoms with Crippen molar-refractivity contribution >= 4 is 33.0 Å². The summed E-state index contributed by atoms with van der Waals surface area (Å²) in [6.07, 6.45) is 3.36. The summed E-state index contributed by atoms with van der Waals surface area (Å²) in [7, 11) is -3.30. The fourth-order valence-corrected chi connectivity index (χ4v) is 2.61. The number of rotatable bonds is 7. The van der Waals surface area contributed by atoms with E-state index in [4.69, 9.17) is 11.6 Å². The van der Waals surface area contributed by atoms with Gasteiger partial charge in [0.15, 0.2) is 0 Å². The van der Waals surface area contributed by atoms with Crippen LogP contribution in [0.25, 0.3) is 0 Å². The third kappa shape index (κ3) is 5.70. The Labute approximate surface area is 120 Å². The van der Waals surface area contributed by atoms with E-state index in [1.165, 1.54) is 0 Å². The first-order chi connectivity index (χ1) is 8.85. The van der Waals surface area contributed by atoms with Crippen LogP contribution in [0.4, 0.5) is 11.4 Å². The Morgan fingerprint density at radius 3 is 2.37 bits per heavy atom. The molecule has 6 heteroatoms. The van der Waals surface area contributed by atoms with Gasteiger partial charge in [-0.2, -0.15) is 0 Å². The molecular weight excluding hydrogens is 284 g/mol. The predicted octanol–water partition coefficient (Wildman–Crippen LogP) is 3.56. The van der Waals surface area contributed by atoms with E-state index < -0.39 is 10.0 Å². The van der Waals surface area contributed by atoms with Gasteiger partial charge in [-0.3, -0.25) is 4.72 Å². The number of anilines is 2. The molecule has 108 valence electrons. The molecule has 1 aromatic carbocycles. The van der Waals surface area contributed by atoms with Gasteiger partial charge in [-0.25, -0.2) is 8.42 Å². The van der Waals surface area contributed by atoms with Crippen molar-refractivity contribution in [2.24, 2.45) is 5.92 Å². The monoisotopic (exact) mass is 304 g/mol. The molecule has 0 aliphatic carbocycles. The van der Waals surface area contributed by atoms with Crippen molar-refractivity contribution in [3.05, 3.63) is 23.2 Å². The average Bonchev–Trinajstić information content (AvgIpc) is 2.32. The third-order valence-corrected chi connectivity index (χ3v) is 3.92. The van der Waals surface area contributed by atoms with Crippen LogP contribution < -0.4 is 10.0 Å². The summed E-state index contributed by atoms with van der Waals surface area (Å²) in [5.41, 5.74) is 1.30. The Balaban J connectivity index is 2.71. The molecule has 1 aromatic rings. The molecule has 0 atom stereocenters. The van der Waals surface area contributed by atoms with E-state index in [0.29, 0.717) is 16.6 Å². The van der Waals surface area contributed by atoms with Crippen LogP contribution in [0, 0.1) is 5.92 Å². The van der Waals surface area contributed by atoms with Gasteiger partial charge in [-0.05, 0) is 24.1 Å². The third-order valence-electron chi connectivity index (χ3n) is 3.01. The highest BCUT2D eigenvalue weighted by Crippen LogP contribution is 2.26. The van der Waals surface area contributed by atoms with Crippen LogP contribution >= 0.6 is 11.6 Å². The Morgan fingerprint density at radius 2 is 1.89 bits per heavy atom. The fourth-order valence-electron chi connectivity index (χ4n) is 1.75. The van der Waals surface area contributed by atoms with Gasteiger partial charge in [0.25, 0.3) is 0 Å². The molecule has 19 heavy (non-hydrogen) atoms. The summed E-state index contributed by atoms with van der Waals surface area (Å²) in [5, 5.41) is 3.70. The van der Waals surface area contributed by atoms with Gasteiger partial charge in [-0.15, -0.1) is 0 Å². The number of hydrogen-bond acceptors (Lipinski definition) is 3. The molecule has 0 aliphatic rings. The summed E-state index contributed by atoms with van der Waals surface area (Å²) in [4.78, 5) is 0. The molecule has 0 amide bonds. The van der Waals surface area contributed by atoms with Crippen molar-refractivity contribution in [3.8, 4) is 0 Å². The van der Waals surface area contributed by atoms with Crippen LogP contribution in [0.15, 0.2) is 18.2 Å². The lowest BCUT2D eigenvalue weighted by atomic mass is 10.0. The van der Waals surface area contributed by atoms with Crippen molar-refractivity contribution in [3.63, 3.8) is 0 Å². The molecular formula is C13H21ClN2O2S. The number of halogens is 1. The van der Waals surface area contributed by atoms with E-state index in [2.05, 4.69) is 23.9 Å². The normalized spacial score (nSPS) is 11.6. The first-order valence-electron chi connectivity index (χ1n) is 6.37. The second kappa shape index (κ2) is 7.01. The molecule has 0 unspecified atom stereocenters. The van der Waals surface area contributed by atoms with E-state index in [1.54, 1.807) is 12.1 Å². The summed E-state index contributed by atoms with van der Waals surface area (Å²) in [6.45, 7) is 5.23. The van der Waals surface area contributed by atoms with Gasteiger partial charge in [0, 0.05) is 12.2 Å². The molecule has 1 rings (SSSR count). The summed E-state index contributed by atoms with van der Waals surface area (Å²) >= 11 is 6.05. The Hall–Kier alpha value is -0.940. The quantitative estimate of drug-likeness (QED) is 0.810. The average molecular weight is 305 g/mol. The summed E-state index contributed by atoms with van der Waals surface area (Å²) < 4.78 is 24.7. The van der Waals surface area contributed by atoms with Gasteiger partial charge in [0.2, 0.25) is 10.0 Å². The van der Waals surface area contributed by atoms with Crippen molar-refractivity contribution < 1.29 is 8.42 Å². The lowest BCUT2D eigenvalue weighted by Crippen LogP contribution is -2.13. The van der Waals surface area contributed by atoms with Gasteiger partial charge < -0.3 is 5.32 Å². The van der Waals surface area contributed by atoms with Gasteiger partial charge >= 0.3 is 0 Å². The standard InChI is InChI=1S/C13H21ClN2O2S/c1-4-10(5-2)9-15-11-6-7-13(12(14)8-11)16-19(3,17)18/h6-8,10,15-16H,4-5,9H2,1-3H3. The van der Waals surface area contributed by atoms with Gasteiger partial charge in [0.05, 0.1) is 17.0 Å². The number of benzene rings is 1. The van der Waals surface area contributed by atoms with Crippen LogP contribution in [0.3, 0.4) is 0 Å². The molecule has 0 heterocycles. The molecule has 2 N–H and O–H groups in total. The maximum atomic E-state index is 11.1. The predicted molar refractivity (Wildman–Crippen MR) is 82.5 cm³/mol. The van der Waals surface area contributed by atoms with E-state index in [9.17, 15) is 8.42 Å². The molecule has 4 nitrogen and oxygen atoms in total. The first-order valence-corrected chi connectivity index (χ1v) is 8.63. The highest BCUT2D eigenvalue weighted by Gasteiger charge is 2.08. The van der Waals surface area contributed by atoms with Gasteiger partial charge in [-0.1, -0.05) is 38.3 Å². The summed E-state index contributed by atoms with van der Waals surface area (Å²) in [5.74, 6) is 0.632. The molecule has 0 saturated heterocycles. The smallest absolute Gasteiger partial charge is 0.229 e. The Morgan fingerprint density at radius 1 is 1.26 bits per heavy atom. The van der Waals surface area contributed by atoms with Crippen LogP contribution in [0.5, 0.6) is 0 Å². The van der Waals surface area contributed by atoms with Crippen molar-refractivity contribution in [1.29, 1.82) is 0 Å². The zero-order valence-corrected chi connectivity index (χ0v) is 13.1. The minimum Gasteiger partial charge on any atom is -0.385 e. The van der Waals surface area contributed by atoms with Crippen molar-refractivity contribution in [1.82, 2.24) is 0 Å². The van der Waals surface area contributed by atoms with Gasteiger partial charge in [0.1, 0.15) is 0 Å². The van der Waals surface area contributed by atoms with Crippen molar-refractivity contribution in [2.75, 3.05) is 22.8 Å². The number of nitrogens with one attached hydrogen (secondary N) is 2. The molecule has 0 fully saturated rings. The molecule has 0 saturated carbocycles. The Kier molecular flexibility index (Phi) is 5.94. The zero-order chi connectivity index (χ0) is 14.5. The minimum absolute atomic E-state index is 0.389. The molecule has 0 aromatic heterocycles. The lowest BCUT2D eigenvalue weighted by molar-refractivity contribution is 0.519. The summed E-state index contributed by atoms with van der Waals surface area (Å²) in [6, 6.07) is 5.22. The number of sulfonamides is 1. The Bertz CT molecular complexity index is 513. The topological polar surface area (TPSA) is 58.2 Å². The molecule has 0 bridgehead atoms. The van der Waals surface area contributed by atoms with E-state index in [0.717, 1.165) is 31.3 Å². The van der Waals surface area contributed by atoms with Crippen LogP contribution in [-0.4, -0.2) is 21.2 Å². The highest BCUT2D eigenvalue weighted by molar-refractivity contribution is 7.92. The van der Waals surface area contributed by atoms with E-state index >= 15 is 0 Å². The lowest BCUT2D eigenvalue weighted by Gasteiger charge is -2.15. The molecule has 0 aliphatic heterocycles. The fraction of sp³-hybridized carbons (Fsp3) is 0.538. The van der Waals surface area contributed by atoms with E-state index in [1.807, 2.05) is 6.07 Å². The molecule has 0 radical (unpaired) electrons. The zero-order valence-electron chi connectivity index (χ0n) is 11.5. The minimum atomic E-state index is -3.30. The highest BCUT2D eigenvalue weighted by atomic mass is 35.5. The second-order valence-corrected chi connectivity index (χ2v) is 6.79. The second-order valence-electron chi connectivity index (χ2n) is 4.63. The molecule has 0 spiro atoms. The van der Waals surface area contributed by atoms with Crippen LogP contribution in [-0.2, 0) is 10.0 Å². The first kappa shape index (κ1) is 16.1. The van der Waals surface area contributed by atoms with E-state index in [-0.39, 0.29) is 0 Å². The van der Waals surface area contributed by atoms with Crippen molar-refractivity contribution in [2.45, 2.75) is 26.7 Å². The number of hydrogen-bond donors (Lipinski definition) is 2. The maximum absolute atomic E-state index is 11.1. The van der Waals surface area contributed by atoms with Crippen LogP contribution in [0.1, 0.15) is 26.7 Å². The maximum Gasteiger partial charge on any atom is 0.229 e. The largest absolute Gasteiger partial charge is 0.385 e. The SMILES string of the molecule is CCC(CC)CNc1ccc(NS(C)(=O)=O)c(Cl)c1. The van der Waals surface area contributed by atoms with Crippen LogP contribution in [0.2, 0.25) is 5.02 Å².